The van der Waals surface area contributed by atoms with E-state index in [1.807, 2.05) is 13.0 Å². The van der Waals surface area contributed by atoms with Crippen LogP contribution in [0, 0.1) is 5.92 Å². The van der Waals surface area contributed by atoms with E-state index >= 15 is 0 Å². The van der Waals surface area contributed by atoms with Gasteiger partial charge in [0.15, 0.2) is 5.82 Å². The fourth-order valence-electron chi connectivity index (χ4n) is 3.60. The third kappa shape index (κ3) is 4.55. The highest BCUT2D eigenvalue weighted by molar-refractivity contribution is 5.92. The molecule has 0 spiro atoms. The van der Waals surface area contributed by atoms with Crippen molar-refractivity contribution >= 4 is 5.91 Å². The highest BCUT2D eigenvalue weighted by Crippen LogP contribution is 2.17. The Morgan fingerprint density at radius 2 is 2.19 bits per heavy atom. The van der Waals surface area contributed by atoms with Crippen LogP contribution in [0.2, 0.25) is 0 Å². The number of carbonyl (C=O) groups excluding carboxylic acids is 1. The number of aromatic nitrogens is 5. The van der Waals surface area contributed by atoms with Crippen molar-refractivity contribution in [2.24, 2.45) is 5.92 Å². The van der Waals surface area contributed by atoms with Crippen molar-refractivity contribution in [3.05, 3.63) is 29.1 Å². The second kappa shape index (κ2) is 8.65. The van der Waals surface area contributed by atoms with Crippen LogP contribution in [0.1, 0.15) is 61.4 Å². The molecule has 1 atom stereocenters. The molecule has 0 fully saturated rings. The first kappa shape index (κ1) is 19.5. The van der Waals surface area contributed by atoms with Crippen molar-refractivity contribution in [2.45, 2.75) is 72.2 Å². The van der Waals surface area contributed by atoms with Gasteiger partial charge in [-0.25, -0.2) is 0 Å². The molecular formula is C19H30N6O2. The number of aryl methyl sites for hydroxylation is 2. The molecule has 1 aliphatic heterocycles. The van der Waals surface area contributed by atoms with Crippen LogP contribution in [0.25, 0.3) is 0 Å². The van der Waals surface area contributed by atoms with Crippen molar-refractivity contribution in [3.8, 4) is 0 Å². The molecule has 27 heavy (non-hydrogen) atoms. The molecule has 2 aromatic heterocycles. The minimum atomic E-state index is -0.0425. The standard InChI is InChI=1S/C19H30N6O2/c1-5-25-16(11-15(23-25)10-13(2)3)19(26)20-14-6-7-17-21-22-18(12-27-4)24(17)9-8-14/h11,13-14H,5-10,12H2,1-4H3,(H,20,26). The average molecular weight is 374 g/mol. The number of nitrogens with one attached hydrogen (secondary N) is 1. The number of carbonyl (C=O) groups is 1. The lowest BCUT2D eigenvalue weighted by Gasteiger charge is -2.16. The van der Waals surface area contributed by atoms with Crippen molar-refractivity contribution in [1.82, 2.24) is 29.9 Å². The van der Waals surface area contributed by atoms with Gasteiger partial charge in [0, 0.05) is 32.7 Å². The van der Waals surface area contributed by atoms with Gasteiger partial charge in [0.25, 0.3) is 5.91 Å². The number of ether oxygens (including phenoxy) is 1. The van der Waals surface area contributed by atoms with Gasteiger partial charge in [-0.3, -0.25) is 9.48 Å². The highest BCUT2D eigenvalue weighted by atomic mass is 16.5. The lowest BCUT2D eigenvalue weighted by atomic mass is 10.1. The predicted molar refractivity (Wildman–Crippen MR) is 101 cm³/mol. The molecular weight excluding hydrogens is 344 g/mol. The predicted octanol–water partition coefficient (Wildman–Crippen LogP) is 1.97. The molecule has 3 heterocycles. The van der Waals surface area contributed by atoms with Gasteiger partial charge in [-0.15, -0.1) is 10.2 Å². The summed E-state index contributed by atoms with van der Waals surface area (Å²) in [4.78, 5) is 12.9. The number of fused-ring (bicyclic) bond motifs is 1. The van der Waals surface area contributed by atoms with E-state index in [4.69, 9.17) is 4.74 Å². The van der Waals surface area contributed by atoms with E-state index in [0.717, 1.165) is 49.6 Å². The van der Waals surface area contributed by atoms with Crippen LogP contribution in [-0.2, 0) is 37.3 Å². The Balaban J connectivity index is 1.66. The van der Waals surface area contributed by atoms with Gasteiger partial charge >= 0.3 is 0 Å². The molecule has 8 heteroatoms. The molecule has 0 radical (unpaired) electrons. The summed E-state index contributed by atoms with van der Waals surface area (Å²) in [6, 6.07) is 2.05. The van der Waals surface area contributed by atoms with Gasteiger partial charge in [0.05, 0.1) is 5.69 Å². The number of rotatable bonds is 7. The first-order valence-corrected chi connectivity index (χ1v) is 9.79. The second-order valence-corrected chi connectivity index (χ2v) is 7.55. The molecule has 0 saturated carbocycles. The number of hydrogen-bond donors (Lipinski definition) is 1. The largest absolute Gasteiger partial charge is 0.377 e. The van der Waals surface area contributed by atoms with E-state index in [1.54, 1.807) is 11.8 Å². The molecule has 3 rings (SSSR count). The molecule has 8 nitrogen and oxygen atoms in total. The maximum atomic E-state index is 12.9. The maximum absolute atomic E-state index is 12.9. The van der Waals surface area contributed by atoms with Crippen LogP contribution in [0.3, 0.4) is 0 Å². The molecule has 0 aliphatic carbocycles. The van der Waals surface area contributed by atoms with Crippen LogP contribution in [0.5, 0.6) is 0 Å². The van der Waals surface area contributed by atoms with Crippen molar-refractivity contribution < 1.29 is 9.53 Å². The Kier molecular flexibility index (Phi) is 6.26. The fraction of sp³-hybridized carbons (Fsp3) is 0.684. The van der Waals surface area contributed by atoms with Crippen molar-refractivity contribution in [2.75, 3.05) is 7.11 Å². The Bertz CT molecular complexity index is 779. The van der Waals surface area contributed by atoms with Crippen LogP contribution in [0.15, 0.2) is 6.07 Å². The second-order valence-electron chi connectivity index (χ2n) is 7.55. The van der Waals surface area contributed by atoms with Gasteiger partial charge in [0.2, 0.25) is 0 Å². The molecule has 2 aromatic rings. The monoisotopic (exact) mass is 374 g/mol. The first-order valence-electron chi connectivity index (χ1n) is 9.79. The summed E-state index contributed by atoms with van der Waals surface area (Å²) in [5, 5.41) is 16.2. The van der Waals surface area contributed by atoms with Crippen LogP contribution >= 0.6 is 0 Å². The smallest absolute Gasteiger partial charge is 0.269 e. The summed E-state index contributed by atoms with van der Waals surface area (Å²) in [6.45, 7) is 8.26. The van der Waals surface area contributed by atoms with Gasteiger partial charge in [0.1, 0.15) is 18.1 Å². The molecule has 148 valence electrons. The Morgan fingerprint density at radius 1 is 1.37 bits per heavy atom. The Morgan fingerprint density at radius 3 is 2.89 bits per heavy atom. The molecule has 1 aliphatic rings. The SMILES string of the molecule is CCn1nc(CC(C)C)cc1C(=O)NC1CCc2nnc(COC)n2CC1. The van der Waals surface area contributed by atoms with Gasteiger partial charge < -0.3 is 14.6 Å². The summed E-state index contributed by atoms with van der Waals surface area (Å²) >= 11 is 0. The quantitative estimate of drug-likeness (QED) is 0.801. The van der Waals surface area contributed by atoms with Crippen LogP contribution in [0.4, 0.5) is 0 Å². The number of amides is 1. The molecule has 0 saturated heterocycles. The summed E-state index contributed by atoms with van der Waals surface area (Å²) in [7, 11) is 1.66. The maximum Gasteiger partial charge on any atom is 0.269 e. The first-order chi connectivity index (χ1) is 13.0. The Labute approximate surface area is 160 Å². The molecule has 1 unspecified atom stereocenters. The lowest BCUT2D eigenvalue weighted by Crippen LogP contribution is -2.36. The minimum absolute atomic E-state index is 0.0425. The van der Waals surface area contributed by atoms with E-state index < -0.39 is 0 Å². The van der Waals surface area contributed by atoms with E-state index in [9.17, 15) is 4.79 Å². The molecule has 1 amide bonds. The minimum Gasteiger partial charge on any atom is -0.377 e. The van der Waals surface area contributed by atoms with Crippen molar-refractivity contribution in [1.29, 1.82) is 0 Å². The van der Waals surface area contributed by atoms with Gasteiger partial charge in [-0.1, -0.05) is 13.8 Å². The Hall–Kier alpha value is -2.22. The zero-order chi connectivity index (χ0) is 19.4. The highest BCUT2D eigenvalue weighted by Gasteiger charge is 2.23. The molecule has 0 bridgehead atoms. The van der Waals surface area contributed by atoms with E-state index in [2.05, 4.69) is 39.0 Å². The topological polar surface area (TPSA) is 86.9 Å². The van der Waals surface area contributed by atoms with Crippen molar-refractivity contribution in [3.63, 3.8) is 0 Å². The van der Waals surface area contributed by atoms with E-state index in [0.29, 0.717) is 24.8 Å². The lowest BCUT2D eigenvalue weighted by molar-refractivity contribution is 0.0922. The summed E-state index contributed by atoms with van der Waals surface area (Å²) in [5.41, 5.74) is 1.63. The summed E-state index contributed by atoms with van der Waals surface area (Å²) < 4.78 is 9.11. The molecule has 0 aromatic carbocycles. The fourth-order valence-corrected chi connectivity index (χ4v) is 3.60. The zero-order valence-electron chi connectivity index (χ0n) is 16.7. The summed E-state index contributed by atoms with van der Waals surface area (Å²) in [6.07, 6.45) is 3.39. The van der Waals surface area contributed by atoms with Gasteiger partial charge in [-0.2, -0.15) is 5.10 Å². The third-order valence-corrected chi connectivity index (χ3v) is 4.91. The average Bonchev–Trinajstić information content (AvgIpc) is 3.15. The number of nitrogens with zero attached hydrogens (tertiary/aromatic N) is 5. The zero-order valence-corrected chi connectivity index (χ0v) is 16.7. The van der Waals surface area contributed by atoms with E-state index in [1.165, 1.54) is 0 Å². The van der Waals surface area contributed by atoms with Crippen LogP contribution in [-0.4, -0.2) is 43.6 Å². The molecule has 1 N–H and O–H groups in total. The third-order valence-electron chi connectivity index (χ3n) is 4.91. The normalized spacial score (nSPS) is 17.0. The van der Waals surface area contributed by atoms with Gasteiger partial charge in [-0.05, 0) is 38.2 Å². The van der Waals surface area contributed by atoms with E-state index in [-0.39, 0.29) is 11.9 Å². The number of methoxy groups -OCH3 is 1. The number of hydrogen-bond acceptors (Lipinski definition) is 5. The summed E-state index contributed by atoms with van der Waals surface area (Å²) in [5.74, 6) is 2.29. The van der Waals surface area contributed by atoms with Crippen LogP contribution < -0.4 is 5.32 Å².